The third kappa shape index (κ3) is 5.15. The molecular formula is C25H30N6O5S. The maximum atomic E-state index is 13.4. The third-order valence-electron chi connectivity index (χ3n) is 6.28. The van der Waals surface area contributed by atoms with Crippen molar-refractivity contribution in [2.45, 2.75) is 37.6 Å². The van der Waals surface area contributed by atoms with Crippen molar-refractivity contribution >= 4 is 27.6 Å². The Labute approximate surface area is 216 Å². The first-order valence-electron chi connectivity index (χ1n) is 11.6. The van der Waals surface area contributed by atoms with Gasteiger partial charge >= 0.3 is 0 Å². The Morgan fingerprint density at radius 3 is 2.51 bits per heavy atom. The molecule has 11 nitrogen and oxygen atoms in total. The van der Waals surface area contributed by atoms with Gasteiger partial charge in [-0.15, -0.1) is 0 Å². The van der Waals surface area contributed by atoms with Gasteiger partial charge in [0.15, 0.2) is 0 Å². The van der Waals surface area contributed by atoms with Crippen LogP contribution in [-0.2, 0) is 10.0 Å². The maximum Gasteiger partial charge on any atom is 0.268 e. The Morgan fingerprint density at radius 2 is 1.89 bits per heavy atom. The predicted molar refractivity (Wildman–Crippen MR) is 139 cm³/mol. The number of nitrogen functional groups attached to an aromatic ring is 1. The molecule has 0 radical (unpaired) electrons. The van der Waals surface area contributed by atoms with Gasteiger partial charge in [-0.05, 0) is 56.5 Å². The van der Waals surface area contributed by atoms with Crippen molar-refractivity contribution in [3.8, 4) is 23.0 Å². The smallest absolute Gasteiger partial charge is 0.268 e. The normalized spacial score (nSPS) is 16.9. The summed E-state index contributed by atoms with van der Waals surface area (Å²) < 4.78 is 38.7. The zero-order valence-corrected chi connectivity index (χ0v) is 22.2. The maximum absolute atomic E-state index is 13.4. The topological polar surface area (TPSA) is 150 Å². The number of hydrogen-bond donors (Lipinski definition) is 2. The van der Waals surface area contributed by atoms with Gasteiger partial charge in [0, 0.05) is 24.3 Å². The Kier molecular flexibility index (Phi) is 6.96. The minimum atomic E-state index is -4.28. The molecule has 1 aliphatic heterocycles. The molecule has 1 saturated heterocycles. The van der Waals surface area contributed by atoms with E-state index in [0.717, 1.165) is 6.42 Å². The van der Waals surface area contributed by atoms with Gasteiger partial charge < -0.3 is 20.1 Å². The fourth-order valence-electron chi connectivity index (χ4n) is 4.69. The van der Waals surface area contributed by atoms with E-state index in [9.17, 15) is 13.2 Å². The molecule has 196 valence electrons. The van der Waals surface area contributed by atoms with Crippen molar-refractivity contribution < 1.29 is 22.7 Å². The monoisotopic (exact) mass is 526 g/mol. The Morgan fingerprint density at radius 1 is 1.14 bits per heavy atom. The highest BCUT2D eigenvalue weighted by Crippen LogP contribution is 2.39. The van der Waals surface area contributed by atoms with Crippen LogP contribution in [0.2, 0.25) is 0 Å². The molecule has 0 saturated carbocycles. The van der Waals surface area contributed by atoms with Crippen molar-refractivity contribution in [2.75, 3.05) is 31.4 Å². The van der Waals surface area contributed by atoms with E-state index in [1.807, 2.05) is 4.90 Å². The number of carbonyl (C=O) groups is 1. The SMILES string of the molecule is COc1ccc(-c2ccc(C(=O)NS(=O)(=O)c3cccnc3N)c(N3C[C@@H](C)CC3(C)C)n2)c(OC)n1. The van der Waals surface area contributed by atoms with Gasteiger partial charge in [-0.3, -0.25) is 4.79 Å². The molecule has 0 aromatic carbocycles. The van der Waals surface area contributed by atoms with E-state index in [4.69, 9.17) is 20.2 Å². The van der Waals surface area contributed by atoms with Gasteiger partial charge in [-0.2, -0.15) is 4.98 Å². The van der Waals surface area contributed by atoms with Gasteiger partial charge in [0.25, 0.3) is 15.9 Å². The number of ether oxygens (including phenoxy) is 2. The van der Waals surface area contributed by atoms with Crippen LogP contribution in [-0.4, -0.2) is 55.6 Å². The number of anilines is 2. The van der Waals surface area contributed by atoms with E-state index in [0.29, 0.717) is 41.3 Å². The minimum absolute atomic E-state index is 0.109. The molecule has 1 fully saturated rings. The average Bonchev–Trinajstić information content (AvgIpc) is 3.14. The lowest BCUT2D eigenvalue weighted by molar-refractivity contribution is 0.0981. The number of methoxy groups -OCH3 is 2. The third-order valence-corrected chi connectivity index (χ3v) is 7.66. The van der Waals surface area contributed by atoms with Gasteiger partial charge in [0.2, 0.25) is 11.8 Å². The minimum Gasteiger partial charge on any atom is -0.481 e. The summed E-state index contributed by atoms with van der Waals surface area (Å²) in [6.07, 6.45) is 2.24. The second kappa shape index (κ2) is 9.85. The number of carbonyl (C=O) groups excluding carboxylic acids is 1. The van der Waals surface area contributed by atoms with Crippen molar-refractivity contribution in [3.05, 3.63) is 48.2 Å². The zero-order chi connectivity index (χ0) is 27.0. The van der Waals surface area contributed by atoms with Crippen molar-refractivity contribution in [1.82, 2.24) is 19.7 Å². The summed E-state index contributed by atoms with van der Waals surface area (Å²) in [6, 6.07) is 9.35. The van der Waals surface area contributed by atoms with E-state index in [1.165, 1.54) is 32.5 Å². The zero-order valence-electron chi connectivity index (χ0n) is 21.3. The van der Waals surface area contributed by atoms with E-state index in [1.54, 1.807) is 24.3 Å². The van der Waals surface area contributed by atoms with E-state index < -0.39 is 15.9 Å². The lowest BCUT2D eigenvalue weighted by atomic mass is 9.97. The molecule has 0 unspecified atom stereocenters. The number of hydrogen-bond acceptors (Lipinski definition) is 10. The van der Waals surface area contributed by atoms with Crippen LogP contribution in [0.4, 0.5) is 11.6 Å². The Balaban J connectivity index is 1.81. The van der Waals surface area contributed by atoms with Crippen LogP contribution < -0.4 is 24.8 Å². The number of rotatable bonds is 7. The van der Waals surface area contributed by atoms with Crippen LogP contribution in [0.15, 0.2) is 47.5 Å². The van der Waals surface area contributed by atoms with Crippen molar-refractivity contribution in [3.63, 3.8) is 0 Å². The molecule has 0 spiro atoms. The summed E-state index contributed by atoms with van der Waals surface area (Å²) >= 11 is 0. The highest BCUT2D eigenvalue weighted by Gasteiger charge is 2.39. The van der Waals surface area contributed by atoms with Crippen LogP contribution >= 0.6 is 0 Å². The summed E-state index contributed by atoms with van der Waals surface area (Å²) in [4.78, 5) is 28.1. The number of aromatic nitrogens is 3. The summed E-state index contributed by atoms with van der Waals surface area (Å²) in [7, 11) is -1.27. The molecule has 4 heterocycles. The van der Waals surface area contributed by atoms with Gasteiger partial charge in [-0.1, -0.05) is 6.92 Å². The molecule has 3 aromatic heterocycles. The predicted octanol–water partition coefficient (Wildman–Crippen LogP) is 2.88. The second-order valence-corrected chi connectivity index (χ2v) is 11.2. The molecule has 1 amide bonds. The first-order valence-corrected chi connectivity index (χ1v) is 13.1. The highest BCUT2D eigenvalue weighted by molar-refractivity contribution is 7.90. The molecule has 3 aromatic rings. The van der Waals surface area contributed by atoms with Crippen LogP contribution in [0.25, 0.3) is 11.3 Å². The molecule has 4 rings (SSSR count). The molecule has 1 atom stereocenters. The number of sulfonamides is 1. The molecule has 12 heteroatoms. The summed E-state index contributed by atoms with van der Waals surface area (Å²) in [5.74, 6) is 0.353. The van der Waals surface area contributed by atoms with Gasteiger partial charge in [0.05, 0.1) is 31.0 Å². The Hall–Kier alpha value is -3.93. The number of nitrogens with two attached hydrogens (primary N) is 1. The molecule has 3 N–H and O–H groups in total. The number of amides is 1. The number of nitrogens with one attached hydrogen (secondary N) is 1. The van der Waals surface area contributed by atoms with Gasteiger partial charge in [0.1, 0.15) is 16.5 Å². The standard InChI is InChI=1S/C25H30N6O5S/c1-15-13-25(2,3)31(14-15)22-17(23(32)30-37(33,34)19-7-6-12-27-21(19)26)8-10-18(28-22)16-9-11-20(35-4)29-24(16)36-5/h6-12,15H,13-14H2,1-5H3,(H2,26,27)(H,30,32)/t15-/m0/s1. The fraction of sp³-hybridized carbons (Fsp3) is 0.360. The van der Waals surface area contributed by atoms with E-state index >= 15 is 0 Å². The number of nitrogens with zero attached hydrogens (tertiary/aromatic N) is 4. The van der Waals surface area contributed by atoms with E-state index in [2.05, 4.69) is 35.5 Å². The lowest BCUT2D eigenvalue weighted by Gasteiger charge is -2.34. The molecular weight excluding hydrogens is 496 g/mol. The first-order chi connectivity index (χ1) is 17.5. The number of pyridine rings is 3. The van der Waals surface area contributed by atoms with Crippen LogP contribution in [0.5, 0.6) is 11.8 Å². The molecule has 37 heavy (non-hydrogen) atoms. The lowest BCUT2D eigenvalue weighted by Crippen LogP contribution is -2.41. The largest absolute Gasteiger partial charge is 0.481 e. The fourth-order valence-corrected chi connectivity index (χ4v) is 5.74. The highest BCUT2D eigenvalue weighted by atomic mass is 32.2. The second-order valence-electron chi connectivity index (χ2n) is 9.53. The summed E-state index contributed by atoms with van der Waals surface area (Å²) in [6.45, 7) is 6.89. The van der Waals surface area contributed by atoms with Crippen LogP contribution in [0.1, 0.15) is 37.6 Å². The van der Waals surface area contributed by atoms with Gasteiger partial charge in [-0.25, -0.2) is 23.1 Å². The van der Waals surface area contributed by atoms with E-state index in [-0.39, 0.29) is 21.8 Å². The van der Waals surface area contributed by atoms with Crippen LogP contribution in [0, 0.1) is 5.92 Å². The van der Waals surface area contributed by atoms with Crippen molar-refractivity contribution in [2.24, 2.45) is 5.92 Å². The summed E-state index contributed by atoms with van der Waals surface area (Å²) in [5, 5.41) is 0. The first kappa shape index (κ1) is 26.1. The average molecular weight is 527 g/mol. The quantitative estimate of drug-likeness (QED) is 0.470. The van der Waals surface area contributed by atoms with Crippen LogP contribution in [0.3, 0.4) is 0 Å². The van der Waals surface area contributed by atoms with Crippen molar-refractivity contribution in [1.29, 1.82) is 0 Å². The summed E-state index contributed by atoms with van der Waals surface area (Å²) in [5.41, 5.74) is 6.63. The molecule has 1 aliphatic rings. The molecule has 0 bridgehead atoms. The Bertz CT molecular complexity index is 1440. The molecule has 0 aliphatic carbocycles.